The number of aliphatic hydroxyl groups excluding tert-OH is 1. The van der Waals surface area contributed by atoms with E-state index < -0.39 is 18.0 Å². The number of hydrogen-bond donors (Lipinski definition) is 1. The summed E-state index contributed by atoms with van der Waals surface area (Å²) >= 11 is 0. The fraction of sp³-hybridized carbons (Fsp3) is 0.562. The molecule has 1 rings (SSSR count). The Labute approximate surface area is 125 Å². The monoisotopic (exact) mass is 296 g/mol. The van der Waals surface area contributed by atoms with Crippen LogP contribution in [0, 0.1) is 11.8 Å². The quantitative estimate of drug-likeness (QED) is 0.743. The molecule has 1 N–H and O–H groups in total. The van der Waals surface area contributed by atoms with E-state index >= 15 is 0 Å². The molecule has 0 radical (unpaired) electrons. The number of carbonyl (C=O) groups excluding carboxylic acids is 1. The van der Waals surface area contributed by atoms with Crippen molar-refractivity contribution < 1.29 is 24.1 Å². The fourth-order valence-corrected chi connectivity index (χ4v) is 2.00. The number of ether oxygens (including phenoxy) is 3. The lowest BCUT2D eigenvalue weighted by Gasteiger charge is -2.23. The van der Waals surface area contributed by atoms with Crippen molar-refractivity contribution in [2.24, 2.45) is 11.8 Å². The van der Waals surface area contributed by atoms with Crippen molar-refractivity contribution in [1.82, 2.24) is 0 Å². The molecule has 0 heterocycles. The minimum atomic E-state index is -0.784. The fourth-order valence-electron chi connectivity index (χ4n) is 2.00. The van der Waals surface area contributed by atoms with Gasteiger partial charge in [-0.15, -0.1) is 0 Å². The zero-order chi connectivity index (χ0) is 15.8. The molecule has 0 spiro atoms. The summed E-state index contributed by atoms with van der Waals surface area (Å²) in [6.45, 7) is 4.32. The molecular weight excluding hydrogens is 272 g/mol. The van der Waals surface area contributed by atoms with Crippen molar-refractivity contribution in [3.63, 3.8) is 0 Å². The van der Waals surface area contributed by atoms with Gasteiger partial charge in [-0.3, -0.25) is 4.79 Å². The molecule has 0 saturated carbocycles. The highest BCUT2D eigenvalue weighted by Gasteiger charge is 2.27. The molecule has 1 aromatic carbocycles. The van der Waals surface area contributed by atoms with Gasteiger partial charge in [0, 0.05) is 5.92 Å². The first-order valence-electron chi connectivity index (χ1n) is 6.96. The van der Waals surface area contributed by atoms with Gasteiger partial charge in [0.05, 0.1) is 39.5 Å². The summed E-state index contributed by atoms with van der Waals surface area (Å²) < 4.78 is 15.3. The van der Waals surface area contributed by atoms with Crippen LogP contribution in [-0.2, 0) is 20.9 Å². The van der Waals surface area contributed by atoms with Gasteiger partial charge in [-0.2, -0.15) is 0 Å². The molecule has 0 bridgehead atoms. The van der Waals surface area contributed by atoms with Gasteiger partial charge in [0.15, 0.2) is 0 Å². The highest BCUT2D eigenvalue weighted by Crippen LogP contribution is 2.16. The van der Waals surface area contributed by atoms with E-state index in [-0.39, 0.29) is 5.92 Å². The number of benzene rings is 1. The van der Waals surface area contributed by atoms with Crippen molar-refractivity contribution in [2.45, 2.75) is 26.6 Å². The van der Waals surface area contributed by atoms with Gasteiger partial charge in [0.1, 0.15) is 5.75 Å². The molecule has 5 heteroatoms. The van der Waals surface area contributed by atoms with Gasteiger partial charge in [0.2, 0.25) is 0 Å². The van der Waals surface area contributed by atoms with Crippen molar-refractivity contribution in [2.75, 3.05) is 20.8 Å². The molecule has 0 amide bonds. The molecule has 0 aromatic heterocycles. The molecule has 0 saturated heterocycles. The Bertz CT molecular complexity index is 429. The number of aliphatic hydroxyl groups is 1. The number of rotatable bonds is 8. The molecule has 0 aliphatic carbocycles. The molecule has 118 valence electrons. The van der Waals surface area contributed by atoms with Gasteiger partial charge in [0.25, 0.3) is 0 Å². The van der Waals surface area contributed by atoms with Gasteiger partial charge >= 0.3 is 5.97 Å². The summed E-state index contributed by atoms with van der Waals surface area (Å²) in [6, 6.07) is 7.60. The number of methoxy groups -OCH3 is 2. The third kappa shape index (κ3) is 5.36. The zero-order valence-corrected chi connectivity index (χ0v) is 13.0. The van der Waals surface area contributed by atoms with E-state index in [4.69, 9.17) is 9.47 Å². The standard InChI is InChI=1S/C16H24O5/c1-11(15(17)12(2)16(18)20-4)9-21-10-13-5-7-14(19-3)8-6-13/h5-8,11-12,15,17H,9-10H2,1-4H3/t11-,12+,15-/m0/s1. The van der Waals surface area contributed by atoms with Gasteiger partial charge < -0.3 is 19.3 Å². The summed E-state index contributed by atoms with van der Waals surface area (Å²) in [5.41, 5.74) is 1.03. The van der Waals surface area contributed by atoms with Crippen LogP contribution >= 0.6 is 0 Å². The van der Waals surface area contributed by atoms with Crippen LogP contribution in [0.1, 0.15) is 19.4 Å². The minimum absolute atomic E-state index is 0.155. The van der Waals surface area contributed by atoms with Crippen LogP contribution in [0.5, 0.6) is 5.75 Å². The van der Waals surface area contributed by atoms with Crippen molar-refractivity contribution >= 4 is 5.97 Å². The van der Waals surface area contributed by atoms with E-state index in [1.165, 1.54) is 7.11 Å². The maximum absolute atomic E-state index is 11.4. The topological polar surface area (TPSA) is 65.0 Å². The number of hydrogen-bond acceptors (Lipinski definition) is 5. The molecule has 0 unspecified atom stereocenters. The minimum Gasteiger partial charge on any atom is -0.497 e. The molecule has 0 fully saturated rings. The first-order valence-corrected chi connectivity index (χ1v) is 6.96. The first-order chi connectivity index (χ1) is 9.99. The van der Waals surface area contributed by atoms with Crippen molar-refractivity contribution in [1.29, 1.82) is 0 Å². The van der Waals surface area contributed by atoms with Crippen LogP contribution in [0.3, 0.4) is 0 Å². The Morgan fingerprint density at radius 2 is 1.81 bits per heavy atom. The molecule has 5 nitrogen and oxygen atoms in total. The SMILES string of the molecule is COC(=O)[C@H](C)[C@@H](O)[C@@H](C)COCc1ccc(OC)cc1. The van der Waals surface area contributed by atoms with Gasteiger partial charge in [-0.25, -0.2) is 0 Å². The molecule has 21 heavy (non-hydrogen) atoms. The van der Waals surface area contributed by atoms with Crippen molar-refractivity contribution in [3.8, 4) is 5.75 Å². The van der Waals surface area contributed by atoms with E-state index in [1.807, 2.05) is 31.2 Å². The van der Waals surface area contributed by atoms with Crippen LogP contribution < -0.4 is 4.74 Å². The number of carbonyl (C=O) groups is 1. The Hall–Kier alpha value is -1.59. The summed E-state index contributed by atoms with van der Waals surface area (Å²) in [4.78, 5) is 11.4. The second kappa shape index (κ2) is 8.64. The lowest BCUT2D eigenvalue weighted by Crippen LogP contribution is -2.34. The van der Waals surface area contributed by atoms with E-state index in [9.17, 15) is 9.90 Å². The van der Waals surface area contributed by atoms with Gasteiger partial charge in [-0.1, -0.05) is 19.1 Å². The third-order valence-corrected chi connectivity index (χ3v) is 3.48. The Balaban J connectivity index is 2.38. The second-order valence-electron chi connectivity index (χ2n) is 5.14. The zero-order valence-electron chi connectivity index (χ0n) is 13.0. The Morgan fingerprint density at radius 3 is 2.33 bits per heavy atom. The number of esters is 1. The summed E-state index contributed by atoms with van der Waals surface area (Å²) in [7, 11) is 2.94. The molecule has 0 aliphatic heterocycles. The van der Waals surface area contributed by atoms with E-state index in [2.05, 4.69) is 4.74 Å². The highest BCUT2D eigenvalue weighted by atomic mass is 16.5. The van der Waals surface area contributed by atoms with Crippen LogP contribution in [0.2, 0.25) is 0 Å². The Morgan fingerprint density at radius 1 is 1.19 bits per heavy atom. The normalized spacial score (nSPS) is 15.1. The summed E-state index contributed by atoms with van der Waals surface area (Å²) in [6.07, 6.45) is -0.784. The first kappa shape index (κ1) is 17.5. The van der Waals surface area contributed by atoms with E-state index in [1.54, 1.807) is 14.0 Å². The Kier molecular flexibility index (Phi) is 7.19. The maximum atomic E-state index is 11.4. The smallest absolute Gasteiger partial charge is 0.311 e. The second-order valence-corrected chi connectivity index (χ2v) is 5.14. The molecule has 1 aromatic rings. The third-order valence-electron chi connectivity index (χ3n) is 3.48. The van der Waals surface area contributed by atoms with Crippen LogP contribution in [0.4, 0.5) is 0 Å². The lowest BCUT2D eigenvalue weighted by molar-refractivity contribution is -0.150. The summed E-state index contributed by atoms with van der Waals surface area (Å²) in [5, 5.41) is 10.1. The summed E-state index contributed by atoms with van der Waals surface area (Å²) in [5.74, 6) is -0.328. The van der Waals surface area contributed by atoms with E-state index in [0.717, 1.165) is 11.3 Å². The lowest BCUT2D eigenvalue weighted by atomic mass is 9.94. The highest BCUT2D eigenvalue weighted by molar-refractivity contribution is 5.72. The predicted molar refractivity (Wildman–Crippen MR) is 79.0 cm³/mol. The van der Waals surface area contributed by atoms with Gasteiger partial charge in [-0.05, 0) is 24.6 Å². The van der Waals surface area contributed by atoms with Crippen molar-refractivity contribution in [3.05, 3.63) is 29.8 Å². The van der Waals surface area contributed by atoms with Crippen LogP contribution in [-0.4, -0.2) is 38.0 Å². The van der Waals surface area contributed by atoms with E-state index in [0.29, 0.717) is 13.2 Å². The van der Waals surface area contributed by atoms with Crippen LogP contribution in [0.15, 0.2) is 24.3 Å². The maximum Gasteiger partial charge on any atom is 0.311 e. The van der Waals surface area contributed by atoms with Crippen LogP contribution in [0.25, 0.3) is 0 Å². The average Bonchev–Trinajstić information content (AvgIpc) is 2.53. The average molecular weight is 296 g/mol. The largest absolute Gasteiger partial charge is 0.497 e. The molecule has 3 atom stereocenters. The molecule has 0 aliphatic rings. The molecular formula is C16H24O5. The predicted octanol–water partition coefficient (Wildman–Crippen LogP) is 2.02.